The summed E-state index contributed by atoms with van der Waals surface area (Å²) >= 11 is 9.30. The Morgan fingerprint density at radius 2 is 1.95 bits per heavy atom. The van der Waals surface area contributed by atoms with Crippen molar-refractivity contribution >= 4 is 33.3 Å². The van der Waals surface area contributed by atoms with E-state index >= 15 is 0 Å². The van der Waals surface area contributed by atoms with Crippen molar-refractivity contribution in [3.05, 3.63) is 57.5 Å². The predicted molar refractivity (Wildman–Crippen MR) is 82.0 cm³/mol. The topological polar surface area (TPSA) is 35.5 Å². The standard InChI is InChI=1S/C15H12BrClO3/c1-19-14-7-6-10(8-11(14)16)13(18)9-20-15-5-3-2-4-12(15)17/h2-8H,9H2,1H3. The number of ketones is 1. The molecule has 2 aromatic carbocycles. The van der Waals surface area contributed by atoms with E-state index in [1.807, 2.05) is 0 Å². The molecule has 0 spiro atoms. The van der Waals surface area contributed by atoms with E-state index in [0.29, 0.717) is 22.1 Å². The third kappa shape index (κ3) is 3.52. The van der Waals surface area contributed by atoms with Gasteiger partial charge in [0.25, 0.3) is 0 Å². The Labute approximate surface area is 130 Å². The highest BCUT2D eigenvalue weighted by Gasteiger charge is 2.10. The highest BCUT2D eigenvalue weighted by atomic mass is 79.9. The second-order valence-corrected chi connectivity index (χ2v) is 5.25. The lowest BCUT2D eigenvalue weighted by Crippen LogP contribution is -2.11. The van der Waals surface area contributed by atoms with Gasteiger partial charge in [-0.25, -0.2) is 0 Å². The minimum atomic E-state index is -0.131. The summed E-state index contributed by atoms with van der Waals surface area (Å²) in [5, 5.41) is 0.483. The number of carbonyl (C=O) groups is 1. The molecule has 0 fully saturated rings. The Kier molecular flexibility index (Phi) is 5.04. The first-order chi connectivity index (χ1) is 9.61. The van der Waals surface area contributed by atoms with Crippen LogP contribution in [0, 0.1) is 0 Å². The number of benzene rings is 2. The summed E-state index contributed by atoms with van der Waals surface area (Å²) in [5.41, 5.74) is 0.546. The summed E-state index contributed by atoms with van der Waals surface area (Å²) in [6.07, 6.45) is 0. The van der Waals surface area contributed by atoms with E-state index in [-0.39, 0.29) is 12.4 Å². The normalized spacial score (nSPS) is 10.2. The number of para-hydroxylation sites is 1. The van der Waals surface area contributed by atoms with E-state index in [4.69, 9.17) is 21.1 Å². The van der Waals surface area contributed by atoms with Gasteiger partial charge in [-0.2, -0.15) is 0 Å². The SMILES string of the molecule is COc1ccc(C(=O)COc2ccccc2Cl)cc1Br. The Balaban J connectivity index is 2.05. The van der Waals surface area contributed by atoms with Crippen molar-refractivity contribution in [2.45, 2.75) is 0 Å². The lowest BCUT2D eigenvalue weighted by Gasteiger charge is -2.08. The Bertz CT molecular complexity index is 628. The molecule has 0 amide bonds. The highest BCUT2D eigenvalue weighted by molar-refractivity contribution is 9.10. The van der Waals surface area contributed by atoms with Crippen LogP contribution in [0.1, 0.15) is 10.4 Å². The van der Waals surface area contributed by atoms with Crippen LogP contribution >= 0.6 is 27.5 Å². The first-order valence-corrected chi connectivity index (χ1v) is 7.03. The van der Waals surface area contributed by atoms with Gasteiger partial charge in [0.2, 0.25) is 0 Å². The fraction of sp³-hybridized carbons (Fsp3) is 0.133. The van der Waals surface area contributed by atoms with Crippen LogP contribution in [0.15, 0.2) is 46.9 Å². The van der Waals surface area contributed by atoms with Crippen molar-refractivity contribution in [3.8, 4) is 11.5 Å². The second-order valence-electron chi connectivity index (χ2n) is 3.99. The number of rotatable bonds is 5. The molecular weight excluding hydrogens is 344 g/mol. The molecule has 0 aliphatic heterocycles. The molecule has 0 radical (unpaired) electrons. The highest BCUT2D eigenvalue weighted by Crippen LogP contribution is 2.26. The van der Waals surface area contributed by atoms with E-state index in [9.17, 15) is 4.79 Å². The van der Waals surface area contributed by atoms with Gasteiger partial charge in [-0.3, -0.25) is 4.79 Å². The van der Waals surface area contributed by atoms with Crippen molar-refractivity contribution in [3.63, 3.8) is 0 Å². The second kappa shape index (κ2) is 6.77. The van der Waals surface area contributed by atoms with Crippen molar-refractivity contribution < 1.29 is 14.3 Å². The molecule has 0 unspecified atom stereocenters. The van der Waals surface area contributed by atoms with Gasteiger partial charge in [0.1, 0.15) is 11.5 Å². The number of hydrogen-bond acceptors (Lipinski definition) is 3. The van der Waals surface area contributed by atoms with Crippen LogP contribution in [0.25, 0.3) is 0 Å². The number of methoxy groups -OCH3 is 1. The van der Waals surface area contributed by atoms with Gasteiger partial charge in [-0.15, -0.1) is 0 Å². The molecule has 3 nitrogen and oxygen atoms in total. The summed E-state index contributed by atoms with van der Waals surface area (Å²) in [5.74, 6) is 1.04. The zero-order chi connectivity index (χ0) is 14.5. The quantitative estimate of drug-likeness (QED) is 0.747. The molecule has 104 valence electrons. The van der Waals surface area contributed by atoms with Crippen molar-refractivity contribution in [1.29, 1.82) is 0 Å². The van der Waals surface area contributed by atoms with E-state index in [2.05, 4.69) is 15.9 Å². The number of ether oxygens (including phenoxy) is 2. The third-order valence-electron chi connectivity index (χ3n) is 2.67. The van der Waals surface area contributed by atoms with Gasteiger partial charge in [0, 0.05) is 5.56 Å². The van der Waals surface area contributed by atoms with Crippen LogP contribution in [0.5, 0.6) is 11.5 Å². The molecule has 0 N–H and O–H groups in total. The van der Waals surface area contributed by atoms with Gasteiger partial charge in [-0.1, -0.05) is 23.7 Å². The molecule has 2 rings (SSSR count). The number of carbonyl (C=O) groups excluding carboxylic acids is 1. The monoisotopic (exact) mass is 354 g/mol. The van der Waals surface area contributed by atoms with E-state index in [1.165, 1.54) is 0 Å². The summed E-state index contributed by atoms with van der Waals surface area (Å²) in [7, 11) is 1.57. The Hall–Kier alpha value is -1.52. The predicted octanol–water partition coefficient (Wildman–Crippen LogP) is 4.37. The average molecular weight is 356 g/mol. The van der Waals surface area contributed by atoms with Crippen LogP contribution in [0.2, 0.25) is 5.02 Å². The molecule has 5 heteroatoms. The summed E-state index contributed by atoms with van der Waals surface area (Å²) in [4.78, 5) is 12.1. The van der Waals surface area contributed by atoms with Gasteiger partial charge in [-0.05, 0) is 46.3 Å². The minimum absolute atomic E-state index is 0.0670. The number of halogens is 2. The molecule has 2 aromatic rings. The first kappa shape index (κ1) is 14.9. The van der Waals surface area contributed by atoms with Gasteiger partial charge < -0.3 is 9.47 Å². The zero-order valence-electron chi connectivity index (χ0n) is 10.7. The van der Waals surface area contributed by atoms with E-state index in [1.54, 1.807) is 49.6 Å². The lowest BCUT2D eigenvalue weighted by atomic mass is 10.1. The molecule has 0 atom stereocenters. The zero-order valence-corrected chi connectivity index (χ0v) is 13.1. The maximum absolute atomic E-state index is 12.1. The van der Waals surface area contributed by atoms with Gasteiger partial charge in [0.15, 0.2) is 12.4 Å². The van der Waals surface area contributed by atoms with Gasteiger partial charge >= 0.3 is 0 Å². The molecule has 0 aliphatic rings. The Morgan fingerprint density at radius 3 is 2.60 bits per heavy atom. The number of Topliss-reactive ketones (excluding diaryl/α,β-unsaturated/α-hetero) is 1. The molecule has 0 bridgehead atoms. The van der Waals surface area contributed by atoms with Crippen molar-refractivity contribution in [2.75, 3.05) is 13.7 Å². The number of hydrogen-bond donors (Lipinski definition) is 0. The smallest absolute Gasteiger partial charge is 0.200 e. The van der Waals surface area contributed by atoms with Crippen LogP contribution in [0.3, 0.4) is 0 Å². The van der Waals surface area contributed by atoms with Crippen LogP contribution in [0.4, 0.5) is 0 Å². The van der Waals surface area contributed by atoms with E-state index < -0.39 is 0 Å². The average Bonchev–Trinajstić information content (AvgIpc) is 2.46. The molecule has 0 saturated heterocycles. The molecule has 0 aromatic heterocycles. The van der Waals surface area contributed by atoms with Crippen molar-refractivity contribution in [1.82, 2.24) is 0 Å². The summed E-state index contributed by atoms with van der Waals surface area (Å²) < 4.78 is 11.3. The maximum Gasteiger partial charge on any atom is 0.200 e. The maximum atomic E-state index is 12.1. The molecule has 0 heterocycles. The van der Waals surface area contributed by atoms with Crippen LogP contribution < -0.4 is 9.47 Å². The molecular formula is C15H12BrClO3. The van der Waals surface area contributed by atoms with Gasteiger partial charge in [0.05, 0.1) is 16.6 Å². The fourth-order valence-electron chi connectivity index (χ4n) is 1.63. The first-order valence-electron chi connectivity index (χ1n) is 5.86. The molecule has 0 aliphatic carbocycles. The fourth-order valence-corrected chi connectivity index (χ4v) is 2.36. The largest absolute Gasteiger partial charge is 0.496 e. The molecule has 20 heavy (non-hydrogen) atoms. The molecule has 0 saturated carbocycles. The summed E-state index contributed by atoms with van der Waals surface area (Å²) in [6, 6.07) is 12.2. The lowest BCUT2D eigenvalue weighted by molar-refractivity contribution is 0.0921. The summed E-state index contributed by atoms with van der Waals surface area (Å²) in [6.45, 7) is -0.0670. The van der Waals surface area contributed by atoms with Crippen LogP contribution in [-0.2, 0) is 0 Å². The Morgan fingerprint density at radius 1 is 1.20 bits per heavy atom. The third-order valence-corrected chi connectivity index (χ3v) is 3.60. The van der Waals surface area contributed by atoms with E-state index in [0.717, 1.165) is 4.47 Å². The van der Waals surface area contributed by atoms with Crippen LogP contribution in [-0.4, -0.2) is 19.5 Å². The van der Waals surface area contributed by atoms with Crippen molar-refractivity contribution in [2.24, 2.45) is 0 Å². The minimum Gasteiger partial charge on any atom is -0.496 e.